The fraction of sp³-hybridized carbons (Fsp3) is 0.444. The molecule has 124 valence electrons. The lowest BCUT2D eigenvalue weighted by molar-refractivity contribution is 0.0727. The lowest BCUT2D eigenvalue weighted by Crippen LogP contribution is -2.36. The highest BCUT2D eigenvalue weighted by Crippen LogP contribution is 2.37. The molecule has 1 amide bonds. The number of aryl methyl sites for hydroxylation is 1. The zero-order chi connectivity index (χ0) is 16.1. The van der Waals surface area contributed by atoms with Gasteiger partial charge in [0.1, 0.15) is 0 Å². The largest absolute Gasteiger partial charge is 0.454 e. The van der Waals surface area contributed by atoms with Gasteiger partial charge >= 0.3 is 0 Å². The van der Waals surface area contributed by atoms with Gasteiger partial charge in [0.15, 0.2) is 17.2 Å². The highest BCUT2D eigenvalue weighted by molar-refractivity contribution is 5.94. The third-order valence-corrected chi connectivity index (χ3v) is 5.25. The second kappa shape index (κ2) is 5.26. The molecule has 1 aromatic heterocycles. The Hall–Kier alpha value is -2.50. The molecule has 0 unspecified atom stereocenters. The Morgan fingerprint density at radius 2 is 1.88 bits per heavy atom. The van der Waals surface area contributed by atoms with E-state index in [4.69, 9.17) is 9.47 Å². The maximum atomic E-state index is 13.0. The summed E-state index contributed by atoms with van der Waals surface area (Å²) >= 11 is 0. The van der Waals surface area contributed by atoms with Crippen LogP contribution >= 0.6 is 0 Å². The Morgan fingerprint density at radius 1 is 1.08 bits per heavy atom. The molecule has 0 spiro atoms. The maximum Gasteiger partial charge on any atom is 0.274 e. The van der Waals surface area contributed by atoms with Gasteiger partial charge in [-0.05, 0) is 55.4 Å². The van der Waals surface area contributed by atoms with Gasteiger partial charge in [0.05, 0.1) is 0 Å². The molecule has 2 aromatic rings. The molecule has 6 heteroatoms. The number of nitrogens with one attached hydrogen (secondary N) is 1. The summed E-state index contributed by atoms with van der Waals surface area (Å²) in [6.07, 6.45) is 5.11. The molecule has 0 atom stereocenters. The molecular weight excluding hydrogens is 306 g/mol. The first-order chi connectivity index (χ1) is 11.8. The number of carbonyl (C=O) groups is 1. The highest BCUT2D eigenvalue weighted by Gasteiger charge is 2.29. The van der Waals surface area contributed by atoms with Gasteiger partial charge in [-0.25, -0.2) is 0 Å². The van der Waals surface area contributed by atoms with Crippen molar-refractivity contribution in [1.82, 2.24) is 15.1 Å². The van der Waals surface area contributed by atoms with Crippen molar-refractivity contribution in [2.45, 2.75) is 38.6 Å². The van der Waals surface area contributed by atoms with Crippen LogP contribution in [0.3, 0.4) is 0 Å². The third kappa shape index (κ3) is 2.09. The fourth-order valence-electron chi connectivity index (χ4n) is 3.93. The summed E-state index contributed by atoms with van der Waals surface area (Å²) in [5, 5.41) is 7.39. The van der Waals surface area contributed by atoms with Crippen molar-refractivity contribution in [1.29, 1.82) is 0 Å². The van der Waals surface area contributed by atoms with E-state index in [1.54, 1.807) is 0 Å². The summed E-state index contributed by atoms with van der Waals surface area (Å²) in [5.41, 5.74) is 5.28. The van der Waals surface area contributed by atoms with Gasteiger partial charge < -0.3 is 14.4 Å². The van der Waals surface area contributed by atoms with Crippen molar-refractivity contribution in [3.05, 3.63) is 40.2 Å². The molecule has 0 fully saturated rings. The molecule has 0 saturated carbocycles. The van der Waals surface area contributed by atoms with Crippen molar-refractivity contribution in [3.63, 3.8) is 0 Å². The number of carbonyl (C=O) groups excluding carboxylic acids is 1. The van der Waals surface area contributed by atoms with Crippen molar-refractivity contribution in [3.8, 4) is 11.5 Å². The topological polar surface area (TPSA) is 67.5 Å². The Bertz CT molecular complexity index is 827. The number of rotatable bonds is 1. The molecule has 0 bridgehead atoms. The standard InChI is InChI=1S/C18H19N3O3/c22-18(17-13-3-1-2-4-14(13)19-20-17)21-6-5-11-7-15-16(24-10-23-15)8-12(11)9-21/h7-8H,1-6,9-10H2,(H,19,20). The average Bonchev–Trinajstić information content (AvgIpc) is 3.25. The second-order valence-electron chi connectivity index (χ2n) is 6.69. The molecule has 1 N–H and O–H groups in total. The van der Waals surface area contributed by atoms with Gasteiger partial charge in [0.25, 0.3) is 5.91 Å². The van der Waals surface area contributed by atoms with E-state index in [2.05, 4.69) is 16.3 Å². The molecule has 5 rings (SSSR count). The number of nitrogens with zero attached hydrogens (tertiary/aromatic N) is 2. The number of hydrogen-bond donors (Lipinski definition) is 1. The summed E-state index contributed by atoms with van der Waals surface area (Å²) in [6, 6.07) is 4.06. The minimum Gasteiger partial charge on any atom is -0.454 e. The highest BCUT2D eigenvalue weighted by atomic mass is 16.7. The van der Waals surface area contributed by atoms with Gasteiger partial charge in [-0.15, -0.1) is 0 Å². The Balaban J connectivity index is 1.42. The summed E-state index contributed by atoms with van der Waals surface area (Å²) in [4.78, 5) is 14.9. The second-order valence-corrected chi connectivity index (χ2v) is 6.69. The van der Waals surface area contributed by atoms with Crippen LogP contribution in [0.4, 0.5) is 0 Å². The molecule has 3 heterocycles. The van der Waals surface area contributed by atoms with Gasteiger partial charge in [-0.3, -0.25) is 9.89 Å². The van der Waals surface area contributed by atoms with Crippen LogP contribution in [0.1, 0.15) is 45.7 Å². The van der Waals surface area contributed by atoms with E-state index >= 15 is 0 Å². The molecule has 1 aliphatic carbocycles. The number of fused-ring (bicyclic) bond motifs is 3. The van der Waals surface area contributed by atoms with E-state index in [1.807, 2.05) is 11.0 Å². The molecule has 1 aromatic carbocycles. The monoisotopic (exact) mass is 325 g/mol. The first kappa shape index (κ1) is 13.9. The van der Waals surface area contributed by atoms with Crippen LogP contribution in [0.5, 0.6) is 11.5 Å². The van der Waals surface area contributed by atoms with Gasteiger partial charge in [-0.2, -0.15) is 5.10 Å². The van der Waals surface area contributed by atoms with Crippen LogP contribution in [0.25, 0.3) is 0 Å². The molecule has 6 nitrogen and oxygen atoms in total. The summed E-state index contributed by atoms with van der Waals surface area (Å²) in [6.45, 7) is 1.60. The molecule has 3 aliphatic rings. The van der Waals surface area contributed by atoms with E-state index in [1.165, 1.54) is 12.0 Å². The van der Waals surface area contributed by atoms with Crippen molar-refractivity contribution in [2.75, 3.05) is 13.3 Å². The molecule has 0 saturated heterocycles. The van der Waals surface area contributed by atoms with Crippen molar-refractivity contribution in [2.24, 2.45) is 0 Å². The number of benzene rings is 1. The fourth-order valence-corrected chi connectivity index (χ4v) is 3.93. The predicted molar refractivity (Wildman–Crippen MR) is 86.2 cm³/mol. The lowest BCUT2D eigenvalue weighted by atomic mass is 9.94. The average molecular weight is 325 g/mol. The quantitative estimate of drug-likeness (QED) is 0.873. The predicted octanol–water partition coefficient (Wildman–Crippen LogP) is 2.22. The van der Waals surface area contributed by atoms with Crippen molar-refractivity contribution < 1.29 is 14.3 Å². The Morgan fingerprint density at radius 3 is 2.75 bits per heavy atom. The van der Waals surface area contributed by atoms with E-state index in [-0.39, 0.29) is 12.7 Å². The van der Waals surface area contributed by atoms with Crippen LogP contribution < -0.4 is 9.47 Å². The van der Waals surface area contributed by atoms with E-state index in [0.29, 0.717) is 18.8 Å². The van der Waals surface area contributed by atoms with Crippen LogP contribution in [0.15, 0.2) is 12.1 Å². The van der Waals surface area contributed by atoms with Gasteiger partial charge in [-0.1, -0.05) is 0 Å². The Kier molecular flexibility index (Phi) is 3.04. The van der Waals surface area contributed by atoms with E-state index in [0.717, 1.165) is 54.0 Å². The number of hydrogen-bond acceptors (Lipinski definition) is 4. The third-order valence-electron chi connectivity index (χ3n) is 5.25. The lowest BCUT2D eigenvalue weighted by Gasteiger charge is -2.29. The van der Waals surface area contributed by atoms with E-state index < -0.39 is 0 Å². The van der Waals surface area contributed by atoms with Crippen LogP contribution in [0.2, 0.25) is 0 Å². The Labute approximate surface area is 139 Å². The maximum absolute atomic E-state index is 13.0. The summed E-state index contributed by atoms with van der Waals surface area (Å²) in [7, 11) is 0. The number of ether oxygens (including phenoxy) is 2. The minimum atomic E-state index is 0.0396. The smallest absolute Gasteiger partial charge is 0.274 e. The first-order valence-corrected chi connectivity index (χ1v) is 8.56. The molecule has 24 heavy (non-hydrogen) atoms. The van der Waals surface area contributed by atoms with Crippen LogP contribution in [-0.2, 0) is 25.8 Å². The summed E-state index contributed by atoms with van der Waals surface area (Å²) in [5.74, 6) is 1.63. The van der Waals surface area contributed by atoms with E-state index in [9.17, 15) is 4.79 Å². The van der Waals surface area contributed by atoms with Crippen LogP contribution in [-0.4, -0.2) is 34.3 Å². The summed E-state index contributed by atoms with van der Waals surface area (Å²) < 4.78 is 10.9. The SMILES string of the molecule is O=C(c1n[nH]c2c1CCCC2)N1CCc2cc3c(cc2C1)OCO3. The minimum absolute atomic E-state index is 0.0396. The van der Waals surface area contributed by atoms with Gasteiger partial charge in [0, 0.05) is 24.3 Å². The first-order valence-electron chi connectivity index (χ1n) is 8.56. The number of amides is 1. The van der Waals surface area contributed by atoms with Gasteiger partial charge in [0.2, 0.25) is 6.79 Å². The molecule has 0 radical (unpaired) electrons. The number of H-pyrrole nitrogens is 1. The van der Waals surface area contributed by atoms with Crippen molar-refractivity contribution >= 4 is 5.91 Å². The zero-order valence-corrected chi connectivity index (χ0v) is 13.4. The van der Waals surface area contributed by atoms with Crippen LogP contribution in [0, 0.1) is 0 Å². The molecular formula is C18H19N3O3. The molecule has 2 aliphatic heterocycles. The number of aromatic amines is 1. The normalized spacial score (nSPS) is 18.2. The zero-order valence-electron chi connectivity index (χ0n) is 13.4. The number of aromatic nitrogens is 2.